The van der Waals surface area contributed by atoms with Gasteiger partial charge in [0.1, 0.15) is 12.0 Å². The molecule has 1 aliphatic carbocycles. The second kappa shape index (κ2) is 10.8. The highest BCUT2D eigenvalue weighted by atomic mass is 16.5. The van der Waals surface area contributed by atoms with Crippen molar-refractivity contribution in [1.82, 2.24) is 20.1 Å². The van der Waals surface area contributed by atoms with Crippen LogP contribution in [0.15, 0.2) is 53.1 Å². The van der Waals surface area contributed by atoms with Gasteiger partial charge in [0.25, 0.3) is 5.91 Å². The van der Waals surface area contributed by atoms with E-state index in [0.717, 1.165) is 43.5 Å². The molecule has 1 fully saturated rings. The number of aryl methyl sites for hydroxylation is 1. The highest BCUT2D eigenvalue weighted by Gasteiger charge is 2.39. The molecule has 1 atom stereocenters. The van der Waals surface area contributed by atoms with Crippen molar-refractivity contribution < 1.29 is 18.7 Å². The van der Waals surface area contributed by atoms with Crippen molar-refractivity contribution in [3.05, 3.63) is 82.6 Å². The number of fused-ring (bicyclic) bond motifs is 1. The lowest BCUT2D eigenvalue weighted by atomic mass is 9.87. The molecule has 0 saturated heterocycles. The van der Waals surface area contributed by atoms with Crippen molar-refractivity contribution >= 4 is 11.8 Å². The van der Waals surface area contributed by atoms with E-state index >= 15 is 0 Å². The number of aromatic nitrogens is 1. The van der Waals surface area contributed by atoms with Gasteiger partial charge in [-0.25, -0.2) is 4.98 Å². The Morgan fingerprint density at radius 3 is 2.68 bits per heavy atom. The number of amides is 2. The molecule has 37 heavy (non-hydrogen) atoms. The standard InChI is InChI=1S/C29H34N4O4/c1-19-4-6-21(7-5-19)27-24-16-23(11-10-20(24)12-14-33(27)29(35)22-8-9-22)36-18-26-31-25(17-37-26)28(34)30-13-15-32(2)3/h4-7,10-11,16-17,22,27H,8-9,12-15,18H2,1-3H3,(H,30,34)/t27-/m0/s1. The van der Waals surface area contributed by atoms with E-state index in [-0.39, 0.29) is 36.1 Å². The molecular weight excluding hydrogens is 468 g/mol. The van der Waals surface area contributed by atoms with Gasteiger partial charge in [-0.3, -0.25) is 9.59 Å². The summed E-state index contributed by atoms with van der Waals surface area (Å²) in [6.07, 6.45) is 4.14. The summed E-state index contributed by atoms with van der Waals surface area (Å²) >= 11 is 0. The van der Waals surface area contributed by atoms with Crippen molar-refractivity contribution in [3.8, 4) is 5.75 Å². The van der Waals surface area contributed by atoms with Gasteiger partial charge >= 0.3 is 0 Å². The minimum Gasteiger partial charge on any atom is -0.484 e. The Hall–Kier alpha value is -3.65. The van der Waals surface area contributed by atoms with Crippen LogP contribution < -0.4 is 10.1 Å². The Morgan fingerprint density at radius 1 is 1.16 bits per heavy atom. The van der Waals surface area contributed by atoms with Crippen molar-refractivity contribution in [2.45, 2.75) is 38.8 Å². The van der Waals surface area contributed by atoms with Gasteiger partial charge in [-0.1, -0.05) is 35.9 Å². The molecule has 0 bridgehead atoms. The van der Waals surface area contributed by atoms with Crippen LogP contribution in [0.1, 0.15) is 57.5 Å². The van der Waals surface area contributed by atoms with Crippen LogP contribution in [-0.2, 0) is 17.8 Å². The van der Waals surface area contributed by atoms with Crippen LogP contribution in [0.2, 0.25) is 0 Å². The molecule has 2 aliphatic rings. The highest BCUT2D eigenvalue weighted by molar-refractivity contribution is 5.91. The molecule has 0 unspecified atom stereocenters. The van der Waals surface area contributed by atoms with Crippen LogP contribution in [-0.4, -0.2) is 60.3 Å². The maximum atomic E-state index is 13.2. The number of rotatable bonds is 9. The molecule has 3 aromatic rings. The summed E-state index contributed by atoms with van der Waals surface area (Å²) in [5.41, 5.74) is 4.85. The topological polar surface area (TPSA) is 87.9 Å². The fourth-order valence-corrected chi connectivity index (χ4v) is 4.70. The van der Waals surface area contributed by atoms with E-state index in [1.165, 1.54) is 17.4 Å². The molecule has 1 aromatic heterocycles. The minimum atomic E-state index is -0.271. The summed E-state index contributed by atoms with van der Waals surface area (Å²) in [6, 6.07) is 14.4. The summed E-state index contributed by atoms with van der Waals surface area (Å²) < 4.78 is 11.5. The first-order valence-corrected chi connectivity index (χ1v) is 12.9. The molecule has 2 aromatic carbocycles. The van der Waals surface area contributed by atoms with Crippen LogP contribution in [0, 0.1) is 12.8 Å². The van der Waals surface area contributed by atoms with Gasteiger partial charge in [-0.15, -0.1) is 0 Å². The molecule has 0 spiro atoms. The highest BCUT2D eigenvalue weighted by Crippen LogP contribution is 2.41. The van der Waals surface area contributed by atoms with E-state index in [9.17, 15) is 9.59 Å². The van der Waals surface area contributed by atoms with Crippen molar-refractivity contribution in [2.24, 2.45) is 5.92 Å². The summed E-state index contributed by atoms with van der Waals surface area (Å²) in [5.74, 6) is 1.14. The van der Waals surface area contributed by atoms with Crippen LogP contribution in [0.25, 0.3) is 0 Å². The molecule has 1 N–H and O–H groups in total. The smallest absolute Gasteiger partial charge is 0.273 e. The van der Waals surface area contributed by atoms with Crippen LogP contribution in [0.4, 0.5) is 0 Å². The van der Waals surface area contributed by atoms with Crippen LogP contribution in [0.5, 0.6) is 5.75 Å². The van der Waals surface area contributed by atoms with Gasteiger partial charge in [0, 0.05) is 25.6 Å². The maximum absolute atomic E-state index is 13.2. The molecule has 8 heteroatoms. The van der Waals surface area contributed by atoms with Crippen molar-refractivity contribution in [1.29, 1.82) is 0 Å². The largest absolute Gasteiger partial charge is 0.484 e. The van der Waals surface area contributed by atoms with E-state index in [1.807, 2.05) is 36.0 Å². The zero-order valence-corrected chi connectivity index (χ0v) is 21.7. The number of nitrogens with one attached hydrogen (secondary N) is 1. The Labute approximate surface area is 217 Å². The number of oxazole rings is 1. The second-order valence-electron chi connectivity index (χ2n) is 10.2. The summed E-state index contributed by atoms with van der Waals surface area (Å²) in [6.45, 7) is 4.16. The van der Waals surface area contributed by atoms with Gasteiger partial charge in [-0.05, 0) is 69.1 Å². The number of ether oxygens (including phenoxy) is 1. The van der Waals surface area contributed by atoms with E-state index in [4.69, 9.17) is 9.15 Å². The van der Waals surface area contributed by atoms with Crippen molar-refractivity contribution in [2.75, 3.05) is 33.7 Å². The molecule has 1 saturated carbocycles. The Bertz CT molecular complexity index is 1260. The zero-order valence-electron chi connectivity index (χ0n) is 21.7. The Kier molecular flexibility index (Phi) is 7.28. The van der Waals surface area contributed by atoms with Crippen molar-refractivity contribution in [3.63, 3.8) is 0 Å². The second-order valence-corrected chi connectivity index (χ2v) is 10.2. The number of carbonyl (C=O) groups excluding carboxylic acids is 2. The van der Waals surface area contributed by atoms with Crippen LogP contribution >= 0.6 is 0 Å². The average molecular weight is 503 g/mol. The predicted molar refractivity (Wildman–Crippen MR) is 139 cm³/mol. The Morgan fingerprint density at radius 2 is 1.95 bits per heavy atom. The van der Waals surface area contributed by atoms with Gasteiger partial charge in [-0.2, -0.15) is 0 Å². The third-order valence-electron chi connectivity index (χ3n) is 6.94. The fraction of sp³-hybridized carbons (Fsp3) is 0.414. The van der Waals surface area contributed by atoms with Gasteiger partial charge < -0.3 is 24.3 Å². The monoisotopic (exact) mass is 502 g/mol. The first-order chi connectivity index (χ1) is 17.9. The molecule has 8 nitrogen and oxygen atoms in total. The van der Waals surface area contributed by atoms with Crippen LogP contribution in [0.3, 0.4) is 0 Å². The molecule has 5 rings (SSSR count). The Balaban J connectivity index is 1.32. The maximum Gasteiger partial charge on any atom is 0.273 e. The molecule has 2 heterocycles. The van der Waals surface area contributed by atoms with E-state index in [1.54, 1.807) is 0 Å². The first kappa shape index (κ1) is 25.0. The van der Waals surface area contributed by atoms with E-state index in [0.29, 0.717) is 18.2 Å². The number of carbonyl (C=O) groups is 2. The number of hydrogen-bond donors (Lipinski definition) is 1. The number of hydrogen-bond acceptors (Lipinski definition) is 6. The molecule has 2 amide bonds. The fourth-order valence-electron chi connectivity index (χ4n) is 4.70. The average Bonchev–Trinajstić information content (AvgIpc) is 3.63. The number of likely N-dealkylation sites (N-methyl/N-ethyl adjacent to an activating group) is 1. The quantitative estimate of drug-likeness (QED) is 0.480. The number of nitrogens with zero attached hydrogens (tertiary/aromatic N) is 3. The lowest BCUT2D eigenvalue weighted by molar-refractivity contribution is -0.134. The molecule has 1 aliphatic heterocycles. The van der Waals surface area contributed by atoms with Gasteiger partial charge in [0.05, 0.1) is 6.04 Å². The first-order valence-electron chi connectivity index (χ1n) is 12.9. The lowest BCUT2D eigenvalue weighted by Crippen LogP contribution is -2.41. The summed E-state index contributed by atoms with van der Waals surface area (Å²) in [4.78, 5) is 33.8. The summed E-state index contributed by atoms with van der Waals surface area (Å²) in [7, 11) is 3.90. The normalized spacial score (nSPS) is 17.0. The molecule has 0 radical (unpaired) electrons. The lowest BCUT2D eigenvalue weighted by Gasteiger charge is -2.38. The van der Waals surface area contributed by atoms with Gasteiger partial charge in [0.15, 0.2) is 12.3 Å². The third-order valence-corrected chi connectivity index (χ3v) is 6.94. The van der Waals surface area contributed by atoms with E-state index in [2.05, 4.69) is 47.6 Å². The minimum absolute atomic E-state index is 0.101. The van der Waals surface area contributed by atoms with Gasteiger partial charge in [0.2, 0.25) is 11.8 Å². The molecular formula is C29H34N4O4. The third kappa shape index (κ3) is 5.85. The summed E-state index contributed by atoms with van der Waals surface area (Å²) in [5, 5.41) is 2.82. The molecule has 194 valence electrons. The number of benzene rings is 2. The zero-order chi connectivity index (χ0) is 25.9. The van der Waals surface area contributed by atoms with E-state index < -0.39 is 0 Å². The SMILES string of the molecule is Cc1ccc([C@H]2c3cc(OCc4nc(C(=O)NCCN(C)C)co4)ccc3CCN2C(=O)C2CC2)cc1. The predicted octanol–water partition coefficient (Wildman–Crippen LogP) is 3.74.